The van der Waals surface area contributed by atoms with Crippen molar-refractivity contribution in [2.45, 2.75) is 63.6 Å². The van der Waals surface area contributed by atoms with Gasteiger partial charge in [0.1, 0.15) is 0 Å². The molecule has 0 bridgehead atoms. The number of ether oxygens (including phenoxy) is 3. The summed E-state index contributed by atoms with van der Waals surface area (Å²) in [6.07, 6.45) is 5.04. The number of likely N-dealkylation sites (tertiary alicyclic amines) is 1. The highest BCUT2D eigenvalue weighted by Gasteiger charge is 2.42. The van der Waals surface area contributed by atoms with Gasteiger partial charge in [0.05, 0.1) is 48.2 Å². The van der Waals surface area contributed by atoms with Crippen molar-refractivity contribution in [1.82, 2.24) is 25.5 Å². The Morgan fingerprint density at radius 1 is 0.849 bits per heavy atom. The average molecular weight is 757 g/mol. The van der Waals surface area contributed by atoms with Crippen LogP contribution in [0.25, 0.3) is 33.6 Å². The van der Waals surface area contributed by atoms with Crippen LogP contribution in [-0.4, -0.2) is 73.2 Å². The number of hydrogen-bond donors (Lipinski definition) is 2. The standard InChI is InChI=1S/C41H43Cl2N5O5/c1-4-53-41(50)24-20-48(21-24)33-15-12-23-18-32(47-40(52-3)36(23)33)29-10-6-8-27(38(29)43)26-7-5-9-28(37(26)42)31-17-22-11-14-30(35(22)39(46-31)51-2)44-19-25-13-16-34(49)45-25/h5-10,17-18,24-25,30,33,44H,4,11-16,19-21H2,1-3H3,(H,45,49)/t25-,30+,33-/m0/s1. The van der Waals surface area contributed by atoms with Crippen molar-refractivity contribution in [2.75, 3.05) is 40.5 Å². The maximum absolute atomic E-state index is 12.2. The highest BCUT2D eigenvalue weighted by Crippen LogP contribution is 2.47. The molecule has 2 aliphatic carbocycles. The molecule has 10 nitrogen and oxygen atoms in total. The lowest BCUT2D eigenvalue weighted by atomic mass is 9.95. The second kappa shape index (κ2) is 14.9. The van der Waals surface area contributed by atoms with E-state index >= 15 is 0 Å². The fourth-order valence-corrected chi connectivity index (χ4v) is 9.16. The Hall–Kier alpha value is -4.22. The Bertz CT molecular complexity index is 2090. The monoisotopic (exact) mass is 755 g/mol. The van der Waals surface area contributed by atoms with Crippen LogP contribution in [0, 0.1) is 5.92 Å². The summed E-state index contributed by atoms with van der Waals surface area (Å²) in [7, 11) is 3.30. The number of nitrogens with zero attached hydrogens (tertiary/aromatic N) is 3. The Kier molecular flexibility index (Phi) is 10.1. The van der Waals surface area contributed by atoms with Gasteiger partial charge in [-0.1, -0.05) is 59.6 Å². The normalized spacial score (nSPS) is 20.8. The van der Waals surface area contributed by atoms with Gasteiger partial charge in [0.15, 0.2) is 0 Å². The molecule has 4 heterocycles. The molecule has 0 unspecified atom stereocenters. The lowest BCUT2D eigenvalue weighted by Crippen LogP contribution is -2.51. The molecule has 2 aromatic carbocycles. The number of pyridine rings is 2. The third kappa shape index (κ3) is 6.64. The molecule has 4 aliphatic rings. The first-order valence-electron chi connectivity index (χ1n) is 18.4. The molecule has 2 N–H and O–H groups in total. The van der Waals surface area contributed by atoms with Gasteiger partial charge < -0.3 is 24.8 Å². The van der Waals surface area contributed by atoms with E-state index in [1.807, 2.05) is 43.3 Å². The zero-order valence-electron chi connectivity index (χ0n) is 30.1. The fourth-order valence-electron chi connectivity index (χ4n) is 8.51. The maximum Gasteiger partial charge on any atom is 0.311 e. The van der Waals surface area contributed by atoms with Gasteiger partial charge in [-0.05, 0) is 62.3 Å². The highest BCUT2D eigenvalue weighted by molar-refractivity contribution is 6.39. The summed E-state index contributed by atoms with van der Waals surface area (Å²) in [6.45, 7) is 4.30. The van der Waals surface area contributed by atoms with E-state index in [2.05, 4.69) is 27.7 Å². The number of esters is 1. The molecular weight excluding hydrogens is 713 g/mol. The summed E-state index contributed by atoms with van der Waals surface area (Å²) >= 11 is 14.5. The molecule has 8 rings (SSSR count). The van der Waals surface area contributed by atoms with Crippen molar-refractivity contribution in [1.29, 1.82) is 0 Å². The number of aryl methyl sites for hydroxylation is 2. The zero-order valence-corrected chi connectivity index (χ0v) is 31.6. The van der Waals surface area contributed by atoms with Gasteiger partial charge in [-0.2, -0.15) is 0 Å². The van der Waals surface area contributed by atoms with Gasteiger partial charge in [0, 0.05) is 77.6 Å². The molecule has 53 heavy (non-hydrogen) atoms. The number of amides is 1. The number of nitrogens with one attached hydrogen (secondary N) is 2. The van der Waals surface area contributed by atoms with E-state index in [0.29, 0.717) is 54.5 Å². The number of carbonyl (C=O) groups excluding carboxylic acids is 2. The number of halogens is 2. The van der Waals surface area contributed by atoms with Crippen LogP contribution in [0.5, 0.6) is 11.8 Å². The van der Waals surface area contributed by atoms with Crippen molar-refractivity contribution in [3.8, 4) is 45.4 Å². The fraction of sp³-hybridized carbons (Fsp3) is 0.415. The van der Waals surface area contributed by atoms with Crippen molar-refractivity contribution in [3.63, 3.8) is 0 Å². The first-order valence-corrected chi connectivity index (χ1v) is 19.2. The van der Waals surface area contributed by atoms with Crippen LogP contribution in [0.4, 0.5) is 0 Å². The molecule has 2 saturated heterocycles. The minimum absolute atomic E-state index is 0.0851. The van der Waals surface area contributed by atoms with Gasteiger partial charge in [-0.15, -0.1) is 0 Å². The maximum atomic E-state index is 12.2. The molecule has 2 aromatic heterocycles. The first kappa shape index (κ1) is 35.8. The molecule has 276 valence electrons. The summed E-state index contributed by atoms with van der Waals surface area (Å²) in [6, 6.07) is 16.5. The van der Waals surface area contributed by atoms with Crippen molar-refractivity contribution < 1.29 is 23.8 Å². The number of aromatic nitrogens is 2. The minimum Gasteiger partial charge on any atom is -0.481 e. The van der Waals surface area contributed by atoms with E-state index in [1.165, 1.54) is 11.1 Å². The van der Waals surface area contributed by atoms with E-state index in [1.54, 1.807) is 14.2 Å². The van der Waals surface area contributed by atoms with E-state index in [0.717, 1.165) is 76.9 Å². The molecule has 0 radical (unpaired) electrons. The number of fused-ring (bicyclic) bond motifs is 2. The van der Waals surface area contributed by atoms with Crippen LogP contribution >= 0.6 is 23.2 Å². The summed E-state index contributed by atoms with van der Waals surface area (Å²) < 4.78 is 17.0. The Morgan fingerprint density at radius 2 is 1.43 bits per heavy atom. The molecule has 0 saturated carbocycles. The second-order valence-electron chi connectivity index (χ2n) is 14.3. The number of hydrogen-bond acceptors (Lipinski definition) is 9. The van der Waals surface area contributed by atoms with Crippen molar-refractivity contribution in [3.05, 3.63) is 80.8 Å². The third-order valence-electron chi connectivity index (χ3n) is 11.2. The minimum atomic E-state index is -0.124. The van der Waals surface area contributed by atoms with Crippen LogP contribution in [0.1, 0.15) is 66.9 Å². The van der Waals surface area contributed by atoms with Gasteiger partial charge in [0.25, 0.3) is 0 Å². The van der Waals surface area contributed by atoms with E-state index in [9.17, 15) is 9.59 Å². The van der Waals surface area contributed by atoms with Gasteiger partial charge in [-0.3, -0.25) is 14.5 Å². The summed E-state index contributed by atoms with van der Waals surface area (Å²) in [5.74, 6) is 1.07. The second-order valence-corrected chi connectivity index (χ2v) is 15.0. The first-order chi connectivity index (χ1) is 25.8. The zero-order chi connectivity index (χ0) is 36.8. The quantitative estimate of drug-likeness (QED) is 0.154. The lowest BCUT2D eigenvalue weighted by molar-refractivity contribution is -0.155. The van der Waals surface area contributed by atoms with Crippen LogP contribution in [0.3, 0.4) is 0 Å². The summed E-state index contributed by atoms with van der Waals surface area (Å²) in [4.78, 5) is 36.2. The smallest absolute Gasteiger partial charge is 0.311 e. The van der Waals surface area contributed by atoms with Crippen LogP contribution < -0.4 is 20.1 Å². The van der Waals surface area contributed by atoms with E-state index < -0.39 is 0 Å². The number of methoxy groups -OCH3 is 2. The molecular formula is C41H43Cl2N5O5. The molecule has 12 heteroatoms. The van der Waals surface area contributed by atoms with E-state index in [4.69, 9.17) is 47.4 Å². The lowest BCUT2D eigenvalue weighted by Gasteiger charge is -2.42. The van der Waals surface area contributed by atoms with Crippen LogP contribution in [-0.2, 0) is 27.2 Å². The predicted molar refractivity (Wildman–Crippen MR) is 204 cm³/mol. The number of benzene rings is 2. The molecule has 0 spiro atoms. The average Bonchev–Trinajstić information content (AvgIpc) is 3.88. The van der Waals surface area contributed by atoms with Crippen LogP contribution in [0.15, 0.2) is 48.5 Å². The van der Waals surface area contributed by atoms with E-state index in [-0.39, 0.29) is 35.9 Å². The van der Waals surface area contributed by atoms with Crippen molar-refractivity contribution >= 4 is 35.1 Å². The SMILES string of the molecule is CCOC(=O)C1CN([C@H]2CCc3cc(-c4cccc(-c5cccc(-c6cc7c(c(OC)n6)[C@H](NC[C@@H]6CCC(=O)N6)CC7)c5Cl)c4Cl)nc(OC)c32)C1. The van der Waals surface area contributed by atoms with Gasteiger partial charge in [0.2, 0.25) is 17.7 Å². The number of rotatable bonds is 11. The summed E-state index contributed by atoms with van der Waals surface area (Å²) in [5.41, 5.74) is 9.13. The molecule has 2 aliphatic heterocycles. The molecule has 1 amide bonds. The van der Waals surface area contributed by atoms with Crippen LogP contribution in [0.2, 0.25) is 10.0 Å². The number of carbonyl (C=O) groups is 2. The molecule has 3 atom stereocenters. The Morgan fingerprint density at radius 3 is 2.02 bits per heavy atom. The third-order valence-corrected chi connectivity index (χ3v) is 12.0. The molecule has 4 aromatic rings. The molecule has 2 fully saturated rings. The predicted octanol–water partition coefficient (Wildman–Crippen LogP) is 7.14. The van der Waals surface area contributed by atoms with Crippen molar-refractivity contribution in [2.24, 2.45) is 5.92 Å². The van der Waals surface area contributed by atoms with Gasteiger partial charge >= 0.3 is 5.97 Å². The largest absolute Gasteiger partial charge is 0.481 e. The van der Waals surface area contributed by atoms with Gasteiger partial charge in [-0.25, -0.2) is 9.97 Å². The Labute approximate surface area is 319 Å². The highest BCUT2D eigenvalue weighted by atomic mass is 35.5. The summed E-state index contributed by atoms with van der Waals surface area (Å²) in [5, 5.41) is 7.77. The topological polar surface area (TPSA) is 115 Å². The Balaban J connectivity index is 1.06.